The summed E-state index contributed by atoms with van der Waals surface area (Å²) in [5.74, 6) is -0.383. The lowest BCUT2D eigenvalue weighted by atomic mass is 10.0. The topological polar surface area (TPSA) is 56.9 Å². The average Bonchev–Trinajstić information content (AvgIpc) is 3.10. The van der Waals surface area contributed by atoms with Gasteiger partial charge in [0.1, 0.15) is 5.82 Å². The van der Waals surface area contributed by atoms with Crippen molar-refractivity contribution in [2.45, 2.75) is 12.5 Å². The molecule has 1 aromatic carbocycles. The standard InChI is InChI=1S/C15H16FN3O.ClH/c16-11-3-1-10(2-4-11)13-8-18-9-14(13)15(20)19-12-5-6-17-7-12;/h1-4,8-9,12,17-18H,5-7H2,(H,19,20);1H. The smallest absolute Gasteiger partial charge is 0.253 e. The van der Waals surface area contributed by atoms with Gasteiger partial charge in [0.05, 0.1) is 5.56 Å². The Morgan fingerprint density at radius 2 is 2.00 bits per heavy atom. The number of rotatable bonds is 3. The van der Waals surface area contributed by atoms with Crippen LogP contribution >= 0.6 is 12.4 Å². The lowest BCUT2D eigenvalue weighted by Crippen LogP contribution is -2.36. The molecule has 2 aromatic rings. The highest BCUT2D eigenvalue weighted by Gasteiger charge is 2.20. The van der Waals surface area contributed by atoms with Crippen LogP contribution in [-0.4, -0.2) is 30.0 Å². The summed E-state index contributed by atoms with van der Waals surface area (Å²) in [6, 6.07) is 6.31. The van der Waals surface area contributed by atoms with Crippen LogP contribution in [0.1, 0.15) is 16.8 Å². The first-order chi connectivity index (χ1) is 9.74. The quantitative estimate of drug-likeness (QED) is 0.815. The maximum atomic E-state index is 13.0. The van der Waals surface area contributed by atoms with E-state index >= 15 is 0 Å². The number of aromatic amines is 1. The van der Waals surface area contributed by atoms with Gasteiger partial charge in [0, 0.05) is 30.5 Å². The maximum Gasteiger partial charge on any atom is 0.253 e. The van der Waals surface area contributed by atoms with Crippen molar-refractivity contribution in [1.82, 2.24) is 15.6 Å². The molecule has 1 aliphatic rings. The zero-order valence-corrected chi connectivity index (χ0v) is 12.2. The summed E-state index contributed by atoms with van der Waals surface area (Å²) in [6.45, 7) is 1.74. The Morgan fingerprint density at radius 1 is 1.24 bits per heavy atom. The molecule has 0 bridgehead atoms. The first-order valence-corrected chi connectivity index (χ1v) is 6.68. The van der Waals surface area contributed by atoms with Crippen molar-refractivity contribution in [1.29, 1.82) is 0 Å². The number of amides is 1. The van der Waals surface area contributed by atoms with Gasteiger partial charge in [0.25, 0.3) is 5.91 Å². The molecular formula is C15H17ClFN3O. The van der Waals surface area contributed by atoms with Crippen molar-refractivity contribution in [3.05, 3.63) is 48.0 Å². The molecule has 0 saturated carbocycles. The van der Waals surface area contributed by atoms with E-state index in [2.05, 4.69) is 15.6 Å². The molecule has 1 amide bonds. The van der Waals surface area contributed by atoms with Crippen LogP contribution in [0.2, 0.25) is 0 Å². The lowest BCUT2D eigenvalue weighted by Gasteiger charge is -2.11. The van der Waals surface area contributed by atoms with Crippen LogP contribution < -0.4 is 10.6 Å². The lowest BCUT2D eigenvalue weighted by molar-refractivity contribution is 0.0941. The third kappa shape index (κ3) is 3.43. The summed E-state index contributed by atoms with van der Waals surface area (Å²) in [5, 5.41) is 6.22. The molecule has 1 aromatic heterocycles. The third-order valence-corrected chi connectivity index (χ3v) is 3.54. The number of hydrogen-bond donors (Lipinski definition) is 3. The van der Waals surface area contributed by atoms with Crippen LogP contribution in [0.5, 0.6) is 0 Å². The summed E-state index contributed by atoms with van der Waals surface area (Å²) in [4.78, 5) is 15.2. The van der Waals surface area contributed by atoms with E-state index in [-0.39, 0.29) is 30.2 Å². The van der Waals surface area contributed by atoms with Gasteiger partial charge in [-0.3, -0.25) is 4.79 Å². The van der Waals surface area contributed by atoms with E-state index in [9.17, 15) is 9.18 Å². The summed E-state index contributed by atoms with van der Waals surface area (Å²) >= 11 is 0. The zero-order valence-electron chi connectivity index (χ0n) is 11.4. The van der Waals surface area contributed by atoms with E-state index < -0.39 is 0 Å². The predicted molar refractivity (Wildman–Crippen MR) is 82.2 cm³/mol. The molecule has 1 fully saturated rings. The highest BCUT2D eigenvalue weighted by atomic mass is 35.5. The molecule has 6 heteroatoms. The Hall–Kier alpha value is -1.85. The number of nitrogens with one attached hydrogen (secondary N) is 3. The molecule has 112 valence electrons. The molecule has 3 N–H and O–H groups in total. The number of benzene rings is 1. The van der Waals surface area contributed by atoms with Crippen LogP contribution in [0, 0.1) is 5.82 Å². The number of halogens is 2. The molecule has 4 nitrogen and oxygen atoms in total. The van der Waals surface area contributed by atoms with Crippen LogP contribution in [0.15, 0.2) is 36.7 Å². The molecule has 1 aliphatic heterocycles. The van der Waals surface area contributed by atoms with Gasteiger partial charge in [-0.1, -0.05) is 12.1 Å². The normalized spacial score (nSPS) is 17.3. The molecule has 21 heavy (non-hydrogen) atoms. The highest BCUT2D eigenvalue weighted by Crippen LogP contribution is 2.23. The van der Waals surface area contributed by atoms with E-state index in [1.165, 1.54) is 12.1 Å². The van der Waals surface area contributed by atoms with Crippen LogP contribution in [-0.2, 0) is 0 Å². The van der Waals surface area contributed by atoms with E-state index in [0.29, 0.717) is 5.56 Å². The van der Waals surface area contributed by atoms with Gasteiger partial charge < -0.3 is 15.6 Å². The van der Waals surface area contributed by atoms with E-state index in [1.807, 2.05) is 0 Å². The Morgan fingerprint density at radius 3 is 2.67 bits per heavy atom. The summed E-state index contributed by atoms with van der Waals surface area (Å²) in [6.07, 6.45) is 4.38. The highest BCUT2D eigenvalue weighted by molar-refractivity contribution is 6.00. The summed E-state index contributed by atoms with van der Waals surface area (Å²) in [5.41, 5.74) is 2.19. The van der Waals surface area contributed by atoms with Crippen LogP contribution in [0.4, 0.5) is 4.39 Å². The summed E-state index contributed by atoms with van der Waals surface area (Å²) < 4.78 is 13.0. The van der Waals surface area contributed by atoms with Gasteiger partial charge >= 0.3 is 0 Å². The average molecular weight is 310 g/mol. The van der Waals surface area contributed by atoms with Gasteiger partial charge in [-0.2, -0.15) is 0 Å². The van der Waals surface area contributed by atoms with Crippen LogP contribution in [0.25, 0.3) is 11.1 Å². The molecule has 1 unspecified atom stereocenters. The molecule has 3 rings (SSSR count). The maximum absolute atomic E-state index is 13.0. The number of carbonyl (C=O) groups excluding carboxylic acids is 1. The fourth-order valence-corrected chi connectivity index (χ4v) is 2.46. The van der Waals surface area contributed by atoms with Gasteiger partial charge in [0.15, 0.2) is 0 Å². The van der Waals surface area contributed by atoms with Crippen molar-refractivity contribution >= 4 is 18.3 Å². The monoisotopic (exact) mass is 309 g/mol. The molecule has 1 atom stereocenters. The SMILES string of the molecule is Cl.O=C(NC1CCNC1)c1c[nH]cc1-c1ccc(F)cc1. The van der Waals surface area contributed by atoms with Gasteiger partial charge in [-0.05, 0) is 30.7 Å². The molecule has 1 saturated heterocycles. The Labute approximate surface area is 128 Å². The Bertz CT molecular complexity index is 606. The molecule has 0 spiro atoms. The predicted octanol–water partition coefficient (Wildman–Crippen LogP) is 2.33. The van der Waals surface area contributed by atoms with Crippen molar-refractivity contribution in [3.63, 3.8) is 0 Å². The molecule has 2 heterocycles. The molecular weight excluding hydrogens is 293 g/mol. The number of aromatic nitrogens is 1. The minimum atomic E-state index is -0.285. The largest absolute Gasteiger partial charge is 0.366 e. The molecule has 0 aliphatic carbocycles. The van der Waals surface area contributed by atoms with Gasteiger partial charge in [0.2, 0.25) is 0 Å². The van der Waals surface area contributed by atoms with E-state index in [0.717, 1.165) is 30.6 Å². The minimum absolute atomic E-state index is 0. The van der Waals surface area contributed by atoms with Gasteiger partial charge in [-0.25, -0.2) is 4.39 Å². The minimum Gasteiger partial charge on any atom is -0.366 e. The second-order valence-corrected chi connectivity index (χ2v) is 4.95. The van der Waals surface area contributed by atoms with Crippen LogP contribution in [0.3, 0.4) is 0 Å². The van der Waals surface area contributed by atoms with Crippen molar-refractivity contribution < 1.29 is 9.18 Å². The summed E-state index contributed by atoms with van der Waals surface area (Å²) in [7, 11) is 0. The van der Waals surface area contributed by atoms with Gasteiger partial charge in [-0.15, -0.1) is 12.4 Å². The van der Waals surface area contributed by atoms with Crippen molar-refractivity contribution in [2.24, 2.45) is 0 Å². The fourth-order valence-electron chi connectivity index (χ4n) is 2.46. The second-order valence-electron chi connectivity index (χ2n) is 4.95. The van der Waals surface area contributed by atoms with E-state index in [1.54, 1.807) is 24.5 Å². The van der Waals surface area contributed by atoms with Crippen molar-refractivity contribution in [3.8, 4) is 11.1 Å². The first-order valence-electron chi connectivity index (χ1n) is 6.68. The fraction of sp³-hybridized carbons (Fsp3) is 0.267. The molecule has 0 radical (unpaired) electrons. The Balaban J connectivity index is 0.00000161. The third-order valence-electron chi connectivity index (χ3n) is 3.54. The second kappa shape index (κ2) is 6.74. The number of H-pyrrole nitrogens is 1. The first kappa shape index (κ1) is 15.5. The van der Waals surface area contributed by atoms with Crippen molar-refractivity contribution in [2.75, 3.05) is 13.1 Å². The van der Waals surface area contributed by atoms with E-state index in [4.69, 9.17) is 0 Å². The number of hydrogen-bond acceptors (Lipinski definition) is 2. The Kier molecular flexibility index (Phi) is 4.98. The number of carbonyl (C=O) groups is 1. The zero-order chi connectivity index (χ0) is 13.9.